The summed E-state index contributed by atoms with van der Waals surface area (Å²) in [5, 5.41) is 6.07. The van der Waals surface area contributed by atoms with Crippen molar-refractivity contribution in [3.8, 4) is 11.5 Å². The van der Waals surface area contributed by atoms with Crippen LogP contribution in [0.15, 0.2) is 94.8 Å². The van der Waals surface area contributed by atoms with Gasteiger partial charge in [0.25, 0.3) is 5.91 Å². The van der Waals surface area contributed by atoms with E-state index in [1.165, 1.54) is 11.8 Å². The minimum atomic E-state index is -0.202. The van der Waals surface area contributed by atoms with Gasteiger partial charge in [0, 0.05) is 16.1 Å². The van der Waals surface area contributed by atoms with E-state index in [-0.39, 0.29) is 5.91 Å². The van der Waals surface area contributed by atoms with Crippen LogP contribution in [0.5, 0.6) is 11.5 Å². The topological polar surface area (TPSA) is 59.9 Å². The molecular weight excluding hydrogens is 480 g/mol. The average molecular weight is 501 g/mol. The lowest BCUT2D eigenvalue weighted by atomic mass is 10.0. The average Bonchev–Trinajstić information content (AvgIpc) is 3.23. The van der Waals surface area contributed by atoms with Crippen molar-refractivity contribution in [3.63, 3.8) is 0 Å². The van der Waals surface area contributed by atoms with Gasteiger partial charge in [0.15, 0.2) is 5.17 Å². The standard InChI is InChI=1S/C28H21ClN2O3S/c1-33-21-13-11-20(12-14-21)30-28-31-27(32)26(35-28)16-23-22-8-4-2-6-18(22)10-15-25(23)34-17-19-7-3-5-9-24(19)29/h2-16H,17H2,1H3,(H,30,31,32)/b26-16+. The van der Waals surface area contributed by atoms with Gasteiger partial charge >= 0.3 is 0 Å². The Kier molecular flexibility index (Phi) is 6.75. The van der Waals surface area contributed by atoms with Gasteiger partial charge < -0.3 is 14.8 Å². The van der Waals surface area contributed by atoms with Crippen LogP contribution in [0, 0.1) is 0 Å². The number of carbonyl (C=O) groups excluding carboxylic acids is 1. The van der Waals surface area contributed by atoms with E-state index in [0.29, 0.717) is 27.5 Å². The molecule has 0 unspecified atom stereocenters. The summed E-state index contributed by atoms with van der Waals surface area (Å²) in [7, 11) is 1.62. The first-order valence-corrected chi connectivity index (χ1v) is 12.1. The van der Waals surface area contributed by atoms with Gasteiger partial charge in [-0.1, -0.05) is 60.1 Å². The first-order chi connectivity index (χ1) is 17.1. The molecule has 0 radical (unpaired) electrons. The summed E-state index contributed by atoms with van der Waals surface area (Å²) in [6.07, 6.45) is 1.86. The van der Waals surface area contributed by atoms with Gasteiger partial charge in [-0.3, -0.25) is 4.79 Å². The molecule has 0 atom stereocenters. The van der Waals surface area contributed by atoms with Crippen molar-refractivity contribution >= 4 is 57.0 Å². The lowest BCUT2D eigenvalue weighted by molar-refractivity contribution is -0.115. The highest BCUT2D eigenvalue weighted by Gasteiger charge is 2.25. The largest absolute Gasteiger partial charge is 0.497 e. The van der Waals surface area contributed by atoms with Crippen LogP contribution in [0.4, 0.5) is 5.69 Å². The number of amides is 1. The van der Waals surface area contributed by atoms with Gasteiger partial charge in [-0.2, -0.15) is 0 Å². The molecule has 5 nitrogen and oxygen atoms in total. The molecule has 4 aromatic carbocycles. The number of thioether (sulfide) groups is 1. The van der Waals surface area contributed by atoms with Gasteiger partial charge in [-0.15, -0.1) is 0 Å². The second kappa shape index (κ2) is 10.3. The number of benzene rings is 4. The second-order valence-electron chi connectivity index (χ2n) is 7.76. The van der Waals surface area contributed by atoms with Gasteiger partial charge in [0.05, 0.1) is 17.7 Å². The number of halogens is 1. The number of hydrogen-bond acceptors (Lipinski definition) is 5. The Balaban J connectivity index is 1.47. The van der Waals surface area contributed by atoms with E-state index in [1.54, 1.807) is 7.11 Å². The van der Waals surface area contributed by atoms with Crippen LogP contribution in [0.25, 0.3) is 16.8 Å². The quantitative estimate of drug-likeness (QED) is 0.290. The van der Waals surface area contributed by atoms with Crippen LogP contribution < -0.4 is 14.8 Å². The van der Waals surface area contributed by atoms with Gasteiger partial charge in [-0.25, -0.2) is 4.99 Å². The molecule has 0 bridgehead atoms. The molecule has 0 spiro atoms. The summed E-state index contributed by atoms with van der Waals surface area (Å²) in [4.78, 5) is 17.9. The number of methoxy groups -OCH3 is 1. The van der Waals surface area contributed by atoms with E-state index in [4.69, 9.17) is 21.1 Å². The van der Waals surface area contributed by atoms with Crippen LogP contribution >= 0.6 is 23.4 Å². The molecule has 1 amide bonds. The molecule has 0 aromatic heterocycles. The number of nitrogens with zero attached hydrogens (tertiary/aromatic N) is 1. The molecule has 35 heavy (non-hydrogen) atoms. The Morgan fingerprint density at radius 3 is 2.54 bits per heavy atom. The third kappa shape index (κ3) is 5.19. The summed E-state index contributed by atoms with van der Waals surface area (Å²) in [5.74, 6) is 1.22. The lowest BCUT2D eigenvalue weighted by Crippen LogP contribution is -2.19. The predicted molar refractivity (Wildman–Crippen MR) is 144 cm³/mol. The molecule has 174 valence electrons. The maximum absolute atomic E-state index is 12.8. The van der Waals surface area contributed by atoms with Crippen molar-refractivity contribution in [2.45, 2.75) is 6.61 Å². The van der Waals surface area contributed by atoms with Crippen molar-refractivity contribution in [2.24, 2.45) is 4.99 Å². The van der Waals surface area contributed by atoms with E-state index >= 15 is 0 Å². The van der Waals surface area contributed by atoms with Crippen molar-refractivity contribution in [1.29, 1.82) is 0 Å². The second-order valence-corrected chi connectivity index (χ2v) is 9.20. The van der Waals surface area contributed by atoms with Crippen LogP contribution in [0.3, 0.4) is 0 Å². The summed E-state index contributed by atoms with van der Waals surface area (Å²) < 4.78 is 11.4. The number of nitrogens with one attached hydrogen (secondary N) is 1. The Hall–Kier alpha value is -3.74. The highest BCUT2D eigenvalue weighted by molar-refractivity contribution is 8.18. The normalized spacial score (nSPS) is 15.5. The maximum Gasteiger partial charge on any atom is 0.264 e. The van der Waals surface area contributed by atoms with Crippen LogP contribution in [-0.2, 0) is 11.4 Å². The number of rotatable bonds is 6. The zero-order chi connectivity index (χ0) is 24.2. The first-order valence-electron chi connectivity index (χ1n) is 10.9. The van der Waals surface area contributed by atoms with Gasteiger partial charge in [0.1, 0.15) is 18.1 Å². The van der Waals surface area contributed by atoms with E-state index < -0.39 is 0 Å². The first kappa shape index (κ1) is 23.0. The van der Waals surface area contributed by atoms with Crippen molar-refractivity contribution in [3.05, 3.63) is 106 Å². The number of carbonyl (C=O) groups is 1. The van der Waals surface area contributed by atoms with Gasteiger partial charge in [-0.05, 0) is 65.0 Å². The van der Waals surface area contributed by atoms with Crippen LogP contribution in [0.2, 0.25) is 5.02 Å². The molecule has 1 N–H and O–H groups in total. The van der Waals surface area contributed by atoms with Gasteiger partial charge in [0.2, 0.25) is 0 Å². The molecule has 1 heterocycles. The van der Waals surface area contributed by atoms with Crippen LogP contribution in [-0.4, -0.2) is 18.2 Å². The summed E-state index contributed by atoms with van der Waals surface area (Å²) in [5.41, 5.74) is 2.45. The highest BCUT2D eigenvalue weighted by atomic mass is 35.5. The Morgan fingerprint density at radius 1 is 0.971 bits per heavy atom. The third-order valence-electron chi connectivity index (χ3n) is 5.50. The van der Waals surface area contributed by atoms with E-state index in [0.717, 1.165) is 33.3 Å². The van der Waals surface area contributed by atoms with Crippen LogP contribution in [0.1, 0.15) is 11.1 Å². The molecule has 5 rings (SSSR count). The lowest BCUT2D eigenvalue weighted by Gasteiger charge is -2.13. The third-order valence-corrected chi connectivity index (χ3v) is 6.78. The van der Waals surface area contributed by atoms with Crippen molar-refractivity contribution in [2.75, 3.05) is 7.11 Å². The Bertz CT molecular complexity index is 1470. The fraction of sp³-hybridized carbons (Fsp3) is 0.0714. The van der Waals surface area contributed by atoms with E-state index in [9.17, 15) is 4.79 Å². The smallest absolute Gasteiger partial charge is 0.264 e. The molecule has 1 fully saturated rings. The minimum Gasteiger partial charge on any atom is -0.497 e. The number of ether oxygens (including phenoxy) is 2. The molecule has 1 aliphatic heterocycles. The molecule has 1 aliphatic rings. The molecule has 0 aliphatic carbocycles. The van der Waals surface area contributed by atoms with E-state index in [2.05, 4.69) is 10.3 Å². The fourth-order valence-electron chi connectivity index (χ4n) is 3.71. The van der Waals surface area contributed by atoms with Crippen molar-refractivity contribution in [1.82, 2.24) is 5.32 Å². The zero-order valence-electron chi connectivity index (χ0n) is 18.8. The number of aliphatic imine (C=N–C) groups is 1. The van der Waals surface area contributed by atoms with Crippen molar-refractivity contribution < 1.29 is 14.3 Å². The Morgan fingerprint density at radius 2 is 1.74 bits per heavy atom. The maximum atomic E-state index is 12.8. The molecular formula is C28H21ClN2O3S. The Labute approximate surface area is 212 Å². The number of amidine groups is 1. The zero-order valence-corrected chi connectivity index (χ0v) is 20.4. The fourth-order valence-corrected chi connectivity index (χ4v) is 4.72. The summed E-state index contributed by atoms with van der Waals surface area (Å²) in [6, 6.07) is 26.9. The molecule has 0 saturated carbocycles. The SMILES string of the molecule is COc1ccc(N=C2NC(=O)/C(=C\c3c(OCc4ccccc4Cl)ccc4ccccc34)S2)cc1. The molecule has 4 aromatic rings. The summed E-state index contributed by atoms with van der Waals surface area (Å²) >= 11 is 7.61. The monoisotopic (exact) mass is 500 g/mol. The molecule has 7 heteroatoms. The predicted octanol–water partition coefficient (Wildman–Crippen LogP) is 6.97. The number of hydrogen-bond donors (Lipinski definition) is 1. The minimum absolute atomic E-state index is 0.202. The number of fused-ring (bicyclic) bond motifs is 1. The molecule has 1 saturated heterocycles. The highest BCUT2D eigenvalue weighted by Crippen LogP contribution is 2.35. The van der Waals surface area contributed by atoms with E-state index in [1.807, 2.05) is 91.0 Å². The summed E-state index contributed by atoms with van der Waals surface area (Å²) in [6.45, 7) is 0.317.